The number of aromatic amines is 1. The van der Waals surface area contributed by atoms with Crippen molar-refractivity contribution in [2.75, 3.05) is 4.90 Å². The Labute approximate surface area is 126 Å². The molecule has 0 fully saturated rings. The Morgan fingerprint density at radius 2 is 2.05 bits per heavy atom. The van der Waals surface area contributed by atoms with E-state index in [1.54, 1.807) is 6.20 Å². The van der Waals surface area contributed by atoms with Crippen LogP contribution < -0.4 is 4.90 Å². The number of hydrogen-bond donors (Lipinski definition) is 2. The molecule has 0 aliphatic carbocycles. The highest BCUT2D eigenvalue weighted by Gasteiger charge is 2.17. The lowest BCUT2D eigenvalue weighted by atomic mass is 10.2. The maximum absolute atomic E-state index is 11.0. The summed E-state index contributed by atoms with van der Waals surface area (Å²) in [5.74, 6) is -1.11. The predicted octanol–water partition coefficient (Wildman–Crippen LogP) is 2.30. The summed E-state index contributed by atoms with van der Waals surface area (Å²) in [6, 6.07) is 11.9. The van der Waals surface area contributed by atoms with Gasteiger partial charge in [-0.15, -0.1) is 0 Å². The van der Waals surface area contributed by atoms with Gasteiger partial charge in [0.1, 0.15) is 6.26 Å². The summed E-state index contributed by atoms with van der Waals surface area (Å²) < 4.78 is 5.31. The van der Waals surface area contributed by atoms with Crippen molar-refractivity contribution in [2.45, 2.75) is 13.1 Å². The van der Waals surface area contributed by atoms with Gasteiger partial charge in [-0.05, 0) is 11.6 Å². The van der Waals surface area contributed by atoms with Crippen LogP contribution in [0.4, 0.5) is 6.01 Å². The zero-order valence-corrected chi connectivity index (χ0v) is 11.6. The van der Waals surface area contributed by atoms with Gasteiger partial charge in [-0.1, -0.05) is 30.3 Å². The lowest BCUT2D eigenvalue weighted by Gasteiger charge is -2.19. The summed E-state index contributed by atoms with van der Waals surface area (Å²) in [6.07, 6.45) is 2.80. The van der Waals surface area contributed by atoms with E-state index >= 15 is 0 Å². The molecule has 7 nitrogen and oxygen atoms in total. The van der Waals surface area contributed by atoms with Crippen LogP contribution in [0.5, 0.6) is 0 Å². The third-order valence-electron chi connectivity index (χ3n) is 3.12. The highest BCUT2D eigenvalue weighted by molar-refractivity contribution is 5.85. The molecule has 0 aliphatic rings. The number of nitrogens with one attached hydrogen (secondary N) is 1. The molecule has 0 amide bonds. The minimum Gasteiger partial charge on any atom is -0.476 e. The second kappa shape index (κ2) is 6.13. The first-order chi connectivity index (χ1) is 10.7. The fourth-order valence-electron chi connectivity index (χ4n) is 2.08. The topological polar surface area (TPSA) is 95.2 Å². The van der Waals surface area contributed by atoms with Crippen molar-refractivity contribution in [1.82, 2.24) is 15.2 Å². The molecule has 0 spiro atoms. The molecule has 0 radical (unpaired) electrons. The molecule has 0 saturated heterocycles. The van der Waals surface area contributed by atoms with E-state index in [2.05, 4.69) is 15.2 Å². The molecule has 22 heavy (non-hydrogen) atoms. The van der Waals surface area contributed by atoms with Gasteiger partial charge in [0.15, 0.2) is 5.69 Å². The van der Waals surface area contributed by atoms with Crippen LogP contribution in [0.15, 0.2) is 53.3 Å². The number of oxazole rings is 1. The van der Waals surface area contributed by atoms with Gasteiger partial charge in [0.25, 0.3) is 6.01 Å². The Hall–Kier alpha value is -3.09. The predicted molar refractivity (Wildman–Crippen MR) is 78.4 cm³/mol. The van der Waals surface area contributed by atoms with E-state index in [4.69, 9.17) is 9.52 Å². The molecule has 0 unspecified atom stereocenters. The number of carbonyl (C=O) groups is 1. The first-order valence-electron chi connectivity index (χ1n) is 6.68. The molecular formula is C15H14N4O3. The number of benzene rings is 1. The molecule has 0 aliphatic heterocycles. The molecule has 2 N–H and O–H groups in total. The zero-order chi connectivity index (χ0) is 15.4. The summed E-state index contributed by atoms with van der Waals surface area (Å²) in [7, 11) is 0. The first kappa shape index (κ1) is 13.9. The highest BCUT2D eigenvalue weighted by Crippen LogP contribution is 2.19. The Morgan fingerprint density at radius 3 is 2.68 bits per heavy atom. The lowest BCUT2D eigenvalue weighted by Crippen LogP contribution is -2.22. The van der Waals surface area contributed by atoms with Crippen molar-refractivity contribution in [2.24, 2.45) is 0 Å². The number of carboxylic acids is 1. The maximum atomic E-state index is 11.0. The van der Waals surface area contributed by atoms with E-state index < -0.39 is 5.97 Å². The second-order valence-corrected chi connectivity index (χ2v) is 4.74. The van der Waals surface area contributed by atoms with Crippen molar-refractivity contribution < 1.29 is 14.3 Å². The molecule has 0 saturated carbocycles. The maximum Gasteiger partial charge on any atom is 0.357 e. The molecule has 1 aromatic carbocycles. The van der Waals surface area contributed by atoms with Crippen molar-refractivity contribution in [3.8, 4) is 0 Å². The quantitative estimate of drug-likeness (QED) is 0.725. The standard InChI is InChI=1S/C15H14N4O3/c20-14(21)13-10-22-15(17-13)19(9-12-6-7-16-18-12)8-11-4-2-1-3-5-11/h1-7,10H,8-9H2,(H,16,18)(H,20,21). The van der Waals surface area contributed by atoms with Crippen LogP contribution in [0.1, 0.15) is 21.7 Å². The van der Waals surface area contributed by atoms with Gasteiger partial charge in [-0.25, -0.2) is 4.79 Å². The summed E-state index contributed by atoms with van der Waals surface area (Å²) in [4.78, 5) is 16.8. The number of rotatable bonds is 6. The van der Waals surface area contributed by atoms with E-state index in [0.717, 1.165) is 17.5 Å². The van der Waals surface area contributed by atoms with Gasteiger partial charge in [0, 0.05) is 12.7 Å². The van der Waals surface area contributed by atoms with Crippen LogP contribution in [-0.2, 0) is 13.1 Å². The Morgan fingerprint density at radius 1 is 1.23 bits per heavy atom. The van der Waals surface area contributed by atoms with Crippen LogP contribution in [0.2, 0.25) is 0 Å². The Bertz CT molecular complexity index is 737. The van der Waals surface area contributed by atoms with Gasteiger partial charge in [0.2, 0.25) is 0 Å². The smallest absolute Gasteiger partial charge is 0.357 e. The molecule has 0 atom stereocenters. The van der Waals surface area contributed by atoms with E-state index in [0.29, 0.717) is 13.1 Å². The van der Waals surface area contributed by atoms with Gasteiger partial charge in [0.05, 0.1) is 12.2 Å². The average Bonchev–Trinajstić information content (AvgIpc) is 3.19. The fraction of sp³-hybridized carbons (Fsp3) is 0.133. The summed E-state index contributed by atoms with van der Waals surface area (Å²) >= 11 is 0. The van der Waals surface area contributed by atoms with E-state index in [1.807, 2.05) is 41.3 Å². The molecule has 3 rings (SSSR count). The lowest BCUT2D eigenvalue weighted by molar-refractivity contribution is 0.0690. The average molecular weight is 298 g/mol. The van der Waals surface area contributed by atoms with Crippen LogP contribution in [0, 0.1) is 0 Å². The molecule has 112 valence electrons. The molecular weight excluding hydrogens is 284 g/mol. The summed E-state index contributed by atoms with van der Waals surface area (Å²) in [5, 5.41) is 15.8. The van der Waals surface area contributed by atoms with E-state index in [1.165, 1.54) is 0 Å². The van der Waals surface area contributed by atoms with Crippen LogP contribution in [0.25, 0.3) is 0 Å². The molecule has 2 aromatic heterocycles. The zero-order valence-electron chi connectivity index (χ0n) is 11.6. The van der Waals surface area contributed by atoms with E-state index in [-0.39, 0.29) is 11.7 Å². The van der Waals surface area contributed by atoms with Crippen LogP contribution >= 0.6 is 0 Å². The molecule has 7 heteroatoms. The summed E-state index contributed by atoms with van der Waals surface area (Å²) in [6.45, 7) is 1.02. The van der Waals surface area contributed by atoms with Gasteiger partial charge in [-0.3, -0.25) is 5.10 Å². The van der Waals surface area contributed by atoms with Crippen molar-refractivity contribution >= 4 is 12.0 Å². The minimum absolute atomic E-state index is 0.113. The van der Waals surface area contributed by atoms with Crippen molar-refractivity contribution in [1.29, 1.82) is 0 Å². The molecule has 2 heterocycles. The molecule has 3 aromatic rings. The fourth-order valence-corrected chi connectivity index (χ4v) is 2.08. The largest absolute Gasteiger partial charge is 0.476 e. The van der Waals surface area contributed by atoms with Gasteiger partial charge >= 0.3 is 5.97 Å². The summed E-state index contributed by atoms with van der Waals surface area (Å²) in [5.41, 5.74) is 1.83. The number of aromatic nitrogens is 3. The normalized spacial score (nSPS) is 10.5. The third-order valence-corrected chi connectivity index (χ3v) is 3.12. The number of aromatic carboxylic acids is 1. The van der Waals surface area contributed by atoms with Gasteiger partial charge < -0.3 is 14.4 Å². The monoisotopic (exact) mass is 298 g/mol. The minimum atomic E-state index is -1.11. The van der Waals surface area contributed by atoms with Crippen molar-refractivity contribution in [3.05, 3.63) is 65.8 Å². The number of anilines is 1. The number of hydrogen-bond acceptors (Lipinski definition) is 5. The number of nitrogens with zero attached hydrogens (tertiary/aromatic N) is 3. The number of carboxylic acid groups (broad SMARTS) is 1. The third kappa shape index (κ3) is 3.14. The second-order valence-electron chi connectivity index (χ2n) is 4.74. The SMILES string of the molecule is O=C(O)c1coc(N(Cc2ccccc2)Cc2ccn[nH]2)n1. The van der Waals surface area contributed by atoms with Crippen molar-refractivity contribution in [3.63, 3.8) is 0 Å². The van der Waals surface area contributed by atoms with E-state index in [9.17, 15) is 4.79 Å². The Balaban J connectivity index is 1.86. The molecule has 0 bridgehead atoms. The highest BCUT2D eigenvalue weighted by atomic mass is 16.4. The Kier molecular flexibility index (Phi) is 3.86. The number of H-pyrrole nitrogens is 1. The first-order valence-corrected chi connectivity index (χ1v) is 6.68. The van der Waals surface area contributed by atoms with Gasteiger partial charge in [-0.2, -0.15) is 10.1 Å². The van der Waals surface area contributed by atoms with Crippen LogP contribution in [-0.4, -0.2) is 26.3 Å². The van der Waals surface area contributed by atoms with Crippen LogP contribution in [0.3, 0.4) is 0 Å².